The second kappa shape index (κ2) is 6.92. The summed E-state index contributed by atoms with van der Waals surface area (Å²) < 4.78 is 25.8. The Balaban J connectivity index is 1.81. The minimum Gasteiger partial charge on any atom is -0.338 e. The van der Waals surface area contributed by atoms with Gasteiger partial charge in [0.25, 0.3) is 6.43 Å². The molecule has 0 aliphatic carbocycles. The van der Waals surface area contributed by atoms with Crippen molar-refractivity contribution in [2.45, 2.75) is 45.1 Å². The Kier molecular flexibility index (Phi) is 5.22. The smallest absolute Gasteiger partial charge is 0.317 e. The number of carbonyl (C=O) groups is 1. The van der Waals surface area contributed by atoms with Crippen LogP contribution in [-0.2, 0) is 6.42 Å². The monoisotopic (exact) mass is 304 g/mol. The highest BCUT2D eigenvalue weighted by atomic mass is 32.1. The standard InChI is InChI=1S/C12H18F2N4OS/c1-8-16-17-10(20-8)5-6-15-12(19)18-7-3-2-4-9(18)11(13)14/h9,11H,2-7H2,1H3,(H,15,19). The lowest BCUT2D eigenvalue weighted by Crippen LogP contribution is -2.51. The summed E-state index contributed by atoms with van der Waals surface area (Å²) in [5.74, 6) is 0. The van der Waals surface area contributed by atoms with E-state index in [1.54, 1.807) is 0 Å². The van der Waals surface area contributed by atoms with Gasteiger partial charge in [-0.3, -0.25) is 0 Å². The lowest BCUT2D eigenvalue weighted by Gasteiger charge is -2.35. The van der Waals surface area contributed by atoms with Crippen LogP contribution >= 0.6 is 11.3 Å². The molecule has 0 aromatic carbocycles. The van der Waals surface area contributed by atoms with Crippen molar-refractivity contribution >= 4 is 17.4 Å². The van der Waals surface area contributed by atoms with E-state index in [4.69, 9.17) is 0 Å². The zero-order chi connectivity index (χ0) is 14.5. The predicted molar refractivity (Wildman–Crippen MR) is 72.1 cm³/mol. The fraction of sp³-hybridized carbons (Fsp3) is 0.750. The molecule has 1 aliphatic rings. The van der Waals surface area contributed by atoms with E-state index in [9.17, 15) is 13.6 Å². The average molecular weight is 304 g/mol. The van der Waals surface area contributed by atoms with Crippen LogP contribution in [0.1, 0.15) is 29.3 Å². The second-order valence-corrected chi connectivity index (χ2v) is 6.05. The van der Waals surface area contributed by atoms with Crippen LogP contribution in [0.5, 0.6) is 0 Å². The molecular weight excluding hydrogens is 286 g/mol. The van der Waals surface area contributed by atoms with Crippen molar-refractivity contribution in [3.8, 4) is 0 Å². The van der Waals surface area contributed by atoms with Crippen molar-refractivity contribution in [1.82, 2.24) is 20.4 Å². The first-order valence-electron chi connectivity index (χ1n) is 6.69. The van der Waals surface area contributed by atoms with E-state index in [0.717, 1.165) is 22.9 Å². The maximum Gasteiger partial charge on any atom is 0.317 e. The van der Waals surface area contributed by atoms with Gasteiger partial charge in [-0.25, -0.2) is 13.6 Å². The van der Waals surface area contributed by atoms with Gasteiger partial charge in [-0.1, -0.05) is 0 Å². The van der Waals surface area contributed by atoms with Crippen LogP contribution in [0.2, 0.25) is 0 Å². The summed E-state index contributed by atoms with van der Waals surface area (Å²) in [6.07, 6.45) is 0.00655. The Morgan fingerprint density at radius 1 is 1.50 bits per heavy atom. The Bertz CT molecular complexity index is 454. The highest BCUT2D eigenvalue weighted by Crippen LogP contribution is 2.22. The molecule has 0 radical (unpaired) electrons. The average Bonchev–Trinajstić information content (AvgIpc) is 2.84. The third-order valence-corrected chi connectivity index (χ3v) is 4.18. The van der Waals surface area contributed by atoms with E-state index in [2.05, 4.69) is 15.5 Å². The molecule has 8 heteroatoms. The molecule has 1 atom stereocenters. The summed E-state index contributed by atoms with van der Waals surface area (Å²) >= 11 is 1.47. The van der Waals surface area contributed by atoms with Crippen LogP contribution in [0.15, 0.2) is 0 Å². The quantitative estimate of drug-likeness (QED) is 0.928. The number of hydrogen-bond donors (Lipinski definition) is 1. The first-order chi connectivity index (χ1) is 9.58. The lowest BCUT2D eigenvalue weighted by molar-refractivity contribution is 0.0236. The summed E-state index contributed by atoms with van der Waals surface area (Å²) in [6.45, 7) is 2.65. The van der Waals surface area contributed by atoms with Crippen LogP contribution in [0.3, 0.4) is 0 Å². The fourth-order valence-corrected chi connectivity index (χ4v) is 3.00. The Morgan fingerprint density at radius 2 is 2.30 bits per heavy atom. The van der Waals surface area contributed by atoms with Gasteiger partial charge in [-0.15, -0.1) is 21.5 Å². The van der Waals surface area contributed by atoms with Crippen molar-refractivity contribution < 1.29 is 13.6 Å². The van der Waals surface area contributed by atoms with Gasteiger partial charge < -0.3 is 10.2 Å². The van der Waals surface area contributed by atoms with E-state index in [1.807, 2.05) is 6.92 Å². The fourth-order valence-electron chi connectivity index (χ4n) is 2.29. The number of nitrogens with one attached hydrogen (secondary N) is 1. The molecule has 2 rings (SSSR count). The minimum atomic E-state index is -2.48. The number of halogens is 2. The number of aromatic nitrogens is 2. The molecule has 1 unspecified atom stereocenters. The van der Waals surface area contributed by atoms with Crippen LogP contribution < -0.4 is 5.32 Å². The lowest BCUT2D eigenvalue weighted by atomic mass is 10.0. The molecule has 1 N–H and O–H groups in total. The van der Waals surface area contributed by atoms with Gasteiger partial charge in [-0.05, 0) is 26.2 Å². The molecule has 1 fully saturated rings. The number of urea groups is 1. The molecule has 2 heterocycles. The number of amides is 2. The van der Waals surface area contributed by atoms with Crippen LogP contribution in [0, 0.1) is 6.92 Å². The second-order valence-electron chi connectivity index (χ2n) is 4.79. The van der Waals surface area contributed by atoms with Crippen molar-refractivity contribution in [2.75, 3.05) is 13.1 Å². The number of hydrogen-bond acceptors (Lipinski definition) is 4. The van der Waals surface area contributed by atoms with E-state index < -0.39 is 18.5 Å². The summed E-state index contributed by atoms with van der Waals surface area (Å²) in [5.41, 5.74) is 0. The van der Waals surface area contributed by atoms with Crippen LogP contribution in [0.25, 0.3) is 0 Å². The van der Waals surface area contributed by atoms with Crippen molar-refractivity contribution in [1.29, 1.82) is 0 Å². The van der Waals surface area contributed by atoms with Crippen molar-refractivity contribution in [3.63, 3.8) is 0 Å². The summed E-state index contributed by atoms with van der Waals surface area (Å²) in [6, 6.07) is -1.36. The Labute approximate surface area is 120 Å². The van der Waals surface area contributed by atoms with Crippen molar-refractivity contribution in [2.24, 2.45) is 0 Å². The van der Waals surface area contributed by atoms with Crippen LogP contribution in [0.4, 0.5) is 13.6 Å². The number of aryl methyl sites for hydroxylation is 1. The highest BCUT2D eigenvalue weighted by molar-refractivity contribution is 7.11. The Morgan fingerprint density at radius 3 is 2.95 bits per heavy atom. The molecule has 5 nitrogen and oxygen atoms in total. The van der Waals surface area contributed by atoms with E-state index in [1.165, 1.54) is 16.2 Å². The van der Waals surface area contributed by atoms with Gasteiger partial charge in [0.15, 0.2) is 0 Å². The van der Waals surface area contributed by atoms with Crippen molar-refractivity contribution in [3.05, 3.63) is 10.0 Å². The third kappa shape index (κ3) is 3.84. The molecule has 0 saturated carbocycles. The minimum absolute atomic E-state index is 0.376. The van der Waals surface area contributed by atoms with Crippen LogP contribution in [-0.4, -0.2) is 46.7 Å². The number of nitrogens with zero attached hydrogens (tertiary/aromatic N) is 3. The SMILES string of the molecule is Cc1nnc(CCNC(=O)N2CCCCC2C(F)F)s1. The van der Waals surface area contributed by atoms with Gasteiger partial charge in [0, 0.05) is 19.5 Å². The van der Waals surface area contributed by atoms with Gasteiger partial charge in [-0.2, -0.15) is 0 Å². The molecule has 0 bridgehead atoms. The summed E-state index contributed by atoms with van der Waals surface area (Å²) in [4.78, 5) is 13.2. The summed E-state index contributed by atoms with van der Waals surface area (Å²) in [5, 5.41) is 12.2. The van der Waals surface area contributed by atoms with E-state index >= 15 is 0 Å². The van der Waals surface area contributed by atoms with Gasteiger partial charge in [0.1, 0.15) is 10.0 Å². The number of rotatable bonds is 4. The largest absolute Gasteiger partial charge is 0.338 e. The zero-order valence-corrected chi connectivity index (χ0v) is 12.1. The molecule has 1 aliphatic heterocycles. The Hall–Kier alpha value is -1.31. The molecule has 1 saturated heterocycles. The predicted octanol–water partition coefficient (Wildman–Crippen LogP) is 2.22. The van der Waals surface area contributed by atoms with E-state index in [-0.39, 0.29) is 0 Å². The molecule has 2 amide bonds. The molecule has 1 aromatic heterocycles. The number of piperidine rings is 1. The first-order valence-corrected chi connectivity index (χ1v) is 7.51. The third-order valence-electron chi connectivity index (χ3n) is 3.28. The molecular formula is C12H18F2N4OS. The van der Waals surface area contributed by atoms with Gasteiger partial charge in [0.2, 0.25) is 0 Å². The topological polar surface area (TPSA) is 58.1 Å². The highest BCUT2D eigenvalue weighted by Gasteiger charge is 2.32. The van der Waals surface area contributed by atoms with E-state index in [0.29, 0.717) is 25.9 Å². The normalized spacial score (nSPS) is 19.4. The number of alkyl halides is 2. The maximum absolute atomic E-state index is 12.9. The molecule has 20 heavy (non-hydrogen) atoms. The summed E-state index contributed by atoms with van der Waals surface area (Å²) in [7, 11) is 0. The number of likely N-dealkylation sites (tertiary alicyclic amines) is 1. The number of carbonyl (C=O) groups excluding carboxylic acids is 1. The molecule has 112 valence electrons. The van der Waals surface area contributed by atoms with Gasteiger partial charge >= 0.3 is 6.03 Å². The molecule has 0 spiro atoms. The first kappa shape index (κ1) is 15.1. The maximum atomic E-state index is 12.9. The zero-order valence-electron chi connectivity index (χ0n) is 11.3. The van der Waals surface area contributed by atoms with Gasteiger partial charge in [0.05, 0.1) is 6.04 Å². The molecule has 1 aromatic rings.